The lowest BCUT2D eigenvalue weighted by molar-refractivity contribution is 0.0523. The zero-order valence-corrected chi connectivity index (χ0v) is 47.7. The number of halogens is 1. The summed E-state index contributed by atoms with van der Waals surface area (Å²) in [6.45, 7) is 16.1. The van der Waals surface area contributed by atoms with Gasteiger partial charge in [-0.3, -0.25) is 9.59 Å². The Labute approximate surface area is 476 Å². The first kappa shape index (κ1) is 58.3. The Morgan fingerprint density at radius 1 is 0.562 bits per heavy atom. The van der Waals surface area contributed by atoms with Crippen molar-refractivity contribution in [2.75, 3.05) is 23.7 Å². The first-order valence-electron chi connectivity index (χ1n) is 27.5. The van der Waals surface area contributed by atoms with Gasteiger partial charge >= 0.3 is 6.09 Å². The molecule has 80 heavy (non-hydrogen) atoms. The minimum absolute atomic E-state index is 0. The molecule has 15 heteroatoms. The zero-order chi connectivity index (χ0) is 55.6. The summed E-state index contributed by atoms with van der Waals surface area (Å²) in [5, 5.41) is 25.7. The number of hydrogen-bond acceptors (Lipinski definition) is 9. The SMILES string of the molecule is Cc1cccc(C(NCC2CC2)c2cccc(NC(=O)c3cc(C)nn3-c3cccc(CN)c3)c2)c1.Cc1cccc(C(NCC2CC2)c2cccc(NC(=O)c3cc(C)nn3-c3cccc(CNC(=O)OC(C)(C)C)c3)c2)c1.Cl. The Morgan fingerprint density at radius 3 is 1.40 bits per heavy atom. The molecule has 2 heterocycles. The molecule has 0 bridgehead atoms. The fourth-order valence-corrected chi connectivity index (χ4v) is 9.57. The number of anilines is 2. The normalized spacial score (nSPS) is 13.7. The third-order valence-electron chi connectivity index (χ3n) is 13.8. The highest BCUT2D eigenvalue weighted by molar-refractivity contribution is 6.04. The van der Waals surface area contributed by atoms with E-state index >= 15 is 0 Å². The number of amides is 3. The van der Waals surface area contributed by atoms with Gasteiger partial charge in [0.1, 0.15) is 17.0 Å². The van der Waals surface area contributed by atoms with Crippen molar-refractivity contribution in [2.24, 2.45) is 17.6 Å². The van der Waals surface area contributed by atoms with Gasteiger partial charge in [0, 0.05) is 24.5 Å². The summed E-state index contributed by atoms with van der Waals surface area (Å²) in [6, 6.07) is 52.4. The average Bonchev–Trinajstić information content (AvgIpc) is 4.37. The molecule has 416 valence electrons. The smallest absolute Gasteiger partial charge is 0.407 e. The van der Waals surface area contributed by atoms with Gasteiger partial charge < -0.3 is 37.1 Å². The third kappa shape index (κ3) is 16.1. The molecule has 2 saturated carbocycles. The van der Waals surface area contributed by atoms with Gasteiger partial charge in [0.05, 0.1) is 34.8 Å². The third-order valence-corrected chi connectivity index (χ3v) is 13.8. The average molecular weight is 1100 g/mol. The Morgan fingerprint density at radius 2 is 0.975 bits per heavy atom. The molecule has 3 amide bonds. The molecule has 14 nitrogen and oxygen atoms in total. The number of nitrogens with zero attached hydrogens (tertiary/aromatic N) is 4. The lowest BCUT2D eigenvalue weighted by Crippen LogP contribution is -2.32. The first-order chi connectivity index (χ1) is 38.0. The summed E-state index contributed by atoms with van der Waals surface area (Å²) in [4.78, 5) is 39.1. The molecule has 10 rings (SSSR count). The van der Waals surface area contributed by atoms with Gasteiger partial charge in [-0.1, -0.05) is 108 Å². The van der Waals surface area contributed by atoms with Crippen LogP contribution < -0.4 is 32.3 Å². The van der Waals surface area contributed by atoms with Crippen molar-refractivity contribution >= 4 is 41.7 Å². The van der Waals surface area contributed by atoms with Crippen LogP contribution in [-0.2, 0) is 17.8 Å². The predicted molar refractivity (Wildman–Crippen MR) is 321 cm³/mol. The van der Waals surface area contributed by atoms with Crippen molar-refractivity contribution < 1.29 is 19.1 Å². The van der Waals surface area contributed by atoms with Crippen LogP contribution in [0.4, 0.5) is 16.2 Å². The van der Waals surface area contributed by atoms with E-state index in [0.29, 0.717) is 23.6 Å². The molecule has 0 spiro atoms. The van der Waals surface area contributed by atoms with Crippen LogP contribution in [0.15, 0.2) is 158 Å². The van der Waals surface area contributed by atoms with Crippen molar-refractivity contribution in [1.82, 2.24) is 35.5 Å². The van der Waals surface area contributed by atoms with Crippen molar-refractivity contribution in [2.45, 2.75) is 105 Å². The summed E-state index contributed by atoms with van der Waals surface area (Å²) in [5.41, 5.74) is 19.6. The fraction of sp³-hybridized carbons (Fsp3) is 0.308. The summed E-state index contributed by atoms with van der Waals surface area (Å²) in [6.07, 6.45) is 4.66. The number of aromatic nitrogens is 4. The van der Waals surface area contributed by atoms with Crippen LogP contribution in [0.3, 0.4) is 0 Å². The van der Waals surface area contributed by atoms with Crippen molar-refractivity contribution in [3.63, 3.8) is 0 Å². The molecule has 0 aliphatic heterocycles. The number of alkyl carbamates (subject to hydrolysis) is 1. The number of aryl methyl sites for hydroxylation is 4. The van der Waals surface area contributed by atoms with Gasteiger partial charge in [0.2, 0.25) is 0 Å². The van der Waals surface area contributed by atoms with Crippen LogP contribution >= 0.6 is 12.4 Å². The lowest BCUT2D eigenvalue weighted by atomic mass is 9.96. The number of carbonyl (C=O) groups excluding carboxylic acids is 3. The van der Waals surface area contributed by atoms with Gasteiger partial charge in [-0.15, -0.1) is 12.4 Å². The second-order valence-electron chi connectivity index (χ2n) is 22.1. The molecular formula is C65H75ClN10O4. The lowest BCUT2D eigenvalue weighted by Gasteiger charge is -2.21. The Kier molecular flexibility index (Phi) is 19.2. The number of rotatable bonds is 19. The van der Waals surface area contributed by atoms with Crippen molar-refractivity contribution in [1.29, 1.82) is 0 Å². The zero-order valence-electron chi connectivity index (χ0n) is 46.9. The second kappa shape index (κ2) is 26.4. The molecule has 0 radical (unpaired) electrons. The maximum Gasteiger partial charge on any atom is 0.407 e. The molecule has 6 aromatic carbocycles. The molecular weight excluding hydrogens is 1020 g/mol. The number of carbonyl (C=O) groups is 3. The van der Waals surface area contributed by atoms with E-state index in [-0.39, 0.29) is 42.8 Å². The van der Waals surface area contributed by atoms with Crippen molar-refractivity contribution in [3.05, 3.63) is 225 Å². The van der Waals surface area contributed by atoms with E-state index in [1.807, 2.05) is 113 Å². The van der Waals surface area contributed by atoms with Crippen LogP contribution in [-0.4, -0.2) is 56.2 Å². The summed E-state index contributed by atoms with van der Waals surface area (Å²) < 4.78 is 8.66. The molecule has 2 aromatic heterocycles. The van der Waals surface area contributed by atoms with Gasteiger partial charge in [-0.05, 0) is 193 Å². The summed E-state index contributed by atoms with van der Waals surface area (Å²) in [5.74, 6) is 1.05. The van der Waals surface area contributed by atoms with E-state index < -0.39 is 11.7 Å². The molecule has 0 saturated heterocycles. The molecule has 2 unspecified atom stereocenters. The quantitative estimate of drug-likeness (QED) is 0.0459. The van der Waals surface area contributed by atoms with E-state index in [4.69, 9.17) is 10.5 Å². The standard InChI is InChI=1S/C35H41N5O3.C30H33N5O.ClH/c1-23-9-6-11-27(17-23)32(36-21-25-15-16-25)28-12-8-13-29(20-28)38-33(41)31-18-24(2)39-40(31)30-14-7-10-26(19-30)22-37-34(42)43-35(3,4)5;1-20-6-3-8-24(14-20)29(32-19-22-12-13-22)25-9-5-10-26(17-25)33-30(36)28-15-21(2)34-35(28)27-11-4-7-23(16-27)18-31;/h6-14,17-20,25,32,36H,15-16,21-22H2,1-5H3,(H,37,42)(H,38,41);3-11,14-17,22,29,32H,12-13,18-19,31H2,1-2H3,(H,33,36);1H. The van der Waals surface area contributed by atoms with E-state index in [2.05, 4.69) is 117 Å². The Bertz CT molecular complexity index is 3430. The number of hydrogen-bond donors (Lipinski definition) is 6. The van der Waals surface area contributed by atoms with E-state index in [1.165, 1.54) is 47.9 Å². The van der Waals surface area contributed by atoms with Gasteiger partial charge in [-0.2, -0.15) is 10.2 Å². The molecule has 2 atom stereocenters. The van der Waals surface area contributed by atoms with E-state index in [0.717, 1.165) is 75.6 Å². The summed E-state index contributed by atoms with van der Waals surface area (Å²) >= 11 is 0. The Balaban J connectivity index is 0.000000211. The summed E-state index contributed by atoms with van der Waals surface area (Å²) in [7, 11) is 0. The van der Waals surface area contributed by atoms with E-state index in [9.17, 15) is 14.4 Å². The van der Waals surface area contributed by atoms with Crippen LogP contribution in [0.25, 0.3) is 11.4 Å². The van der Waals surface area contributed by atoms with Crippen LogP contribution in [0.2, 0.25) is 0 Å². The molecule has 2 aliphatic rings. The highest BCUT2D eigenvalue weighted by Crippen LogP contribution is 2.33. The highest BCUT2D eigenvalue weighted by Gasteiger charge is 2.26. The highest BCUT2D eigenvalue weighted by atomic mass is 35.5. The Hall–Kier alpha value is -7.88. The minimum Gasteiger partial charge on any atom is -0.444 e. The second-order valence-corrected chi connectivity index (χ2v) is 22.1. The number of benzene rings is 6. The van der Waals surface area contributed by atoms with Gasteiger partial charge in [0.25, 0.3) is 11.8 Å². The first-order valence-corrected chi connectivity index (χ1v) is 27.5. The number of nitrogens with two attached hydrogens (primary N) is 1. The maximum absolute atomic E-state index is 13.6. The molecule has 7 N–H and O–H groups in total. The van der Waals surface area contributed by atoms with Gasteiger partial charge in [0.15, 0.2) is 0 Å². The molecule has 8 aromatic rings. The van der Waals surface area contributed by atoms with Crippen molar-refractivity contribution in [3.8, 4) is 11.4 Å². The fourth-order valence-electron chi connectivity index (χ4n) is 9.57. The monoisotopic (exact) mass is 1090 g/mol. The number of nitrogens with one attached hydrogen (secondary N) is 5. The van der Waals surface area contributed by atoms with Crippen LogP contribution in [0.1, 0.15) is 135 Å². The molecule has 2 fully saturated rings. The van der Waals surface area contributed by atoms with Gasteiger partial charge in [-0.25, -0.2) is 14.2 Å². The maximum atomic E-state index is 13.6. The van der Waals surface area contributed by atoms with E-state index in [1.54, 1.807) is 21.5 Å². The number of ether oxygens (including phenoxy) is 1. The minimum atomic E-state index is -0.574. The van der Waals surface area contributed by atoms with Crippen LogP contribution in [0, 0.1) is 39.5 Å². The largest absolute Gasteiger partial charge is 0.444 e. The van der Waals surface area contributed by atoms with Crippen LogP contribution in [0.5, 0.6) is 0 Å². The predicted octanol–water partition coefficient (Wildman–Crippen LogP) is 12.6. The topological polar surface area (TPSA) is 182 Å². The molecule has 2 aliphatic carbocycles.